The van der Waals surface area contributed by atoms with Gasteiger partial charge in [-0.2, -0.15) is 0 Å². The molecular formula is C27H38N2. The van der Waals surface area contributed by atoms with Crippen LogP contribution in [0, 0.1) is 5.92 Å². The summed E-state index contributed by atoms with van der Waals surface area (Å²) in [7, 11) is 2.02. The van der Waals surface area contributed by atoms with Crippen molar-refractivity contribution in [1.29, 1.82) is 0 Å². The molecular weight excluding hydrogens is 352 g/mol. The molecule has 2 nitrogen and oxygen atoms in total. The van der Waals surface area contributed by atoms with Crippen LogP contribution in [0.15, 0.2) is 60.5 Å². The zero-order chi connectivity index (χ0) is 20.8. The van der Waals surface area contributed by atoms with Gasteiger partial charge in [0.15, 0.2) is 0 Å². The summed E-state index contributed by atoms with van der Waals surface area (Å²) in [6, 6.07) is 10.3. The van der Waals surface area contributed by atoms with Crippen molar-refractivity contribution in [3.63, 3.8) is 0 Å². The van der Waals surface area contributed by atoms with Gasteiger partial charge in [0.1, 0.15) is 0 Å². The van der Waals surface area contributed by atoms with Gasteiger partial charge >= 0.3 is 0 Å². The van der Waals surface area contributed by atoms with Crippen molar-refractivity contribution in [3.8, 4) is 0 Å². The smallest absolute Gasteiger partial charge is 0.0872 e. The SMILES string of the molecule is C=C=C(c1ccc(CCCC(C)C)cc1)N(C1CC1)C1CCC(NC)=C(C=C)C1. The first-order chi connectivity index (χ1) is 14.1. The number of aryl methyl sites for hydroxylation is 1. The minimum absolute atomic E-state index is 0.502. The second-order valence-corrected chi connectivity index (χ2v) is 9.00. The van der Waals surface area contributed by atoms with E-state index in [-0.39, 0.29) is 0 Å². The molecule has 1 fully saturated rings. The molecule has 0 aliphatic heterocycles. The topological polar surface area (TPSA) is 15.3 Å². The van der Waals surface area contributed by atoms with Gasteiger partial charge in [0.25, 0.3) is 0 Å². The molecule has 2 heteroatoms. The van der Waals surface area contributed by atoms with E-state index in [9.17, 15) is 0 Å². The number of benzene rings is 1. The van der Waals surface area contributed by atoms with Crippen LogP contribution in [-0.2, 0) is 6.42 Å². The Bertz CT molecular complexity index is 773. The molecule has 1 atom stereocenters. The standard InChI is InChI=1S/C27H38N2/c1-6-22-19-25(17-18-26(22)28-5)29(24-15-16-24)27(7-2)23-13-11-21(12-14-23)10-8-9-20(3)4/h6,11-14,20,24-25,28H,1-2,8-10,15-19H2,3-5H3. The Labute approximate surface area is 178 Å². The lowest BCUT2D eigenvalue weighted by Gasteiger charge is -2.38. The first-order valence-electron chi connectivity index (χ1n) is 11.4. The zero-order valence-electron chi connectivity index (χ0n) is 18.6. The van der Waals surface area contributed by atoms with Gasteiger partial charge in [-0.3, -0.25) is 0 Å². The third kappa shape index (κ3) is 5.46. The van der Waals surface area contributed by atoms with Gasteiger partial charge in [0.2, 0.25) is 0 Å². The molecule has 2 aliphatic carbocycles. The summed E-state index contributed by atoms with van der Waals surface area (Å²) >= 11 is 0. The van der Waals surface area contributed by atoms with Gasteiger partial charge in [0.05, 0.1) is 5.70 Å². The monoisotopic (exact) mass is 390 g/mol. The van der Waals surface area contributed by atoms with Crippen molar-refractivity contribution >= 4 is 5.70 Å². The second kappa shape index (κ2) is 10.0. The van der Waals surface area contributed by atoms with Crippen LogP contribution in [0.4, 0.5) is 0 Å². The first-order valence-corrected chi connectivity index (χ1v) is 11.4. The maximum absolute atomic E-state index is 4.08. The lowest BCUT2D eigenvalue weighted by molar-refractivity contribution is 0.259. The maximum atomic E-state index is 4.08. The highest BCUT2D eigenvalue weighted by Gasteiger charge is 2.37. The van der Waals surface area contributed by atoms with E-state index in [4.69, 9.17) is 0 Å². The van der Waals surface area contributed by atoms with Crippen LogP contribution in [0.1, 0.15) is 69.9 Å². The Morgan fingerprint density at radius 2 is 1.93 bits per heavy atom. The molecule has 1 unspecified atom stereocenters. The van der Waals surface area contributed by atoms with Crippen molar-refractivity contribution in [3.05, 3.63) is 71.6 Å². The van der Waals surface area contributed by atoms with Crippen LogP contribution in [0.5, 0.6) is 0 Å². The molecule has 0 spiro atoms. The van der Waals surface area contributed by atoms with E-state index in [1.165, 1.54) is 66.6 Å². The van der Waals surface area contributed by atoms with Gasteiger partial charge in [0, 0.05) is 30.4 Å². The molecule has 1 aromatic rings. The number of allylic oxidation sites excluding steroid dienone is 2. The fourth-order valence-corrected chi connectivity index (χ4v) is 4.58. The van der Waals surface area contributed by atoms with E-state index in [2.05, 4.69) is 67.2 Å². The third-order valence-corrected chi connectivity index (χ3v) is 6.35. The van der Waals surface area contributed by atoms with Gasteiger partial charge in [-0.1, -0.05) is 63.8 Å². The molecule has 3 rings (SSSR count). The highest BCUT2D eigenvalue weighted by molar-refractivity contribution is 5.64. The molecule has 2 aliphatic rings. The Balaban J connectivity index is 1.76. The largest absolute Gasteiger partial charge is 0.391 e. The Morgan fingerprint density at radius 3 is 2.48 bits per heavy atom. The number of hydrogen-bond acceptors (Lipinski definition) is 2. The summed E-state index contributed by atoms with van der Waals surface area (Å²) in [5, 5.41) is 3.37. The van der Waals surface area contributed by atoms with Crippen molar-refractivity contribution in [2.24, 2.45) is 5.92 Å². The van der Waals surface area contributed by atoms with Crippen LogP contribution in [0.3, 0.4) is 0 Å². The van der Waals surface area contributed by atoms with Gasteiger partial charge in [-0.25, -0.2) is 0 Å². The Hall–Kier alpha value is -2.18. The molecule has 0 saturated heterocycles. The lowest BCUT2D eigenvalue weighted by atomic mass is 9.89. The van der Waals surface area contributed by atoms with Gasteiger partial charge < -0.3 is 10.2 Å². The van der Waals surface area contributed by atoms with Crippen LogP contribution >= 0.6 is 0 Å². The fraction of sp³-hybridized carbons (Fsp3) is 0.519. The highest BCUT2D eigenvalue weighted by Crippen LogP contribution is 2.40. The molecule has 0 heterocycles. The first kappa shape index (κ1) is 21.5. The van der Waals surface area contributed by atoms with Crippen LogP contribution < -0.4 is 5.32 Å². The normalized spacial score (nSPS) is 19.1. The summed E-state index contributed by atoms with van der Waals surface area (Å²) in [5.41, 5.74) is 9.89. The van der Waals surface area contributed by atoms with E-state index in [1.807, 2.05) is 13.1 Å². The maximum Gasteiger partial charge on any atom is 0.0872 e. The average Bonchev–Trinajstić information content (AvgIpc) is 3.57. The van der Waals surface area contributed by atoms with Gasteiger partial charge in [-0.15, -0.1) is 5.73 Å². The predicted octanol–water partition coefficient (Wildman–Crippen LogP) is 6.47. The van der Waals surface area contributed by atoms with E-state index in [1.54, 1.807) is 0 Å². The molecule has 1 saturated carbocycles. The fourth-order valence-electron chi connectivity index (χ4n) is 4.58. The number of rotatable bonds is 10. The Kier molecular flexibility index (Phi) is 7.45. The number of hydrogen-bond donors (Lipinski definition) is 1. The van der Waals surface area contributed by atoms with Crippen LogP contribution in [-0.4, -0.2) is 24.0 Å². The van der Waals surface area contributed by atoms with Gasteiger partial charge in [-0.05, 0) is 62.0 Å². The molecule has 29 heavy (non-hydrogen) atoms. The average molecular weight is 391 g/mol. The number of nitrogens with zero attached hydrogens (tertiary/aromatic N) is 1. The van der Waals surface area contributed by atoms with Crippen molar-refractivity contribution in [2.75, 3.05) is 7.05 Å². The van der Waals surface area contributed by atoms with Crippen LogP contribution in [0.25, 0.3) is 5.70 Å². The zero-order valence-corrected chi connectivity index (χ0v) is 18.6. The van der Waals surface area contributed by atoms with Crippen molar-refractivity contribution in [1.82, 2.24) is 10.2 Å². The number of nitrogens with one attached hydrogen (secondary N) is 1. The quantitative estimate of drug-likeness (QED) is 0.461. The van der Waals surface area contributed by atoms with E-state index in [0.717, 1.165) is 18.8 Å². The minimum Gasteiger partial charge on any atom is -0.391 e. The summed E-state index contributed by atoms with van der Waals surface area (Å²) in [4.78, 5) is 2.62. The summed E-state index contributed by atoms with van der Waals surface area (Å²) in [6.45, 7) is 12.7. The summed E-state index contributed by atoms with van der Waals surface area (Å²) in [5.74, 6) is 0.782. The van der Waals surface area contributed by atoms with Crippen LogP contribution in [0.2, 0.25) is 0 Å². The molecule has 0 aromatic heterocycles. The van der Waals surface area contributed by atoms with E-state index < -0.39 is 0 Å². The van der Waals surface area contributed by atoms with E-state index >= 15 is 0 Å². The molecule has 156 valence electrons. The summed E-state index contributed by atoms with van der Waals surface area (Å²) in [6.07, 6.45) is 11.6. The second-order valence-electron chi connectivity index (χ2n) is 9.00. The molecule has 0 bridgehead atoms. The molecule has 1 aromatic carbocycles. The molecule has 1 N–H and O–H groups in total. The van der Waals surface area contributed by atoms with E-state index in [0.29, 0.717) is 12.1 Å². The van der Waals surface area contributed by atoms with Crippen molar-refractivity contribution < 1.29 is 0 Å². The highest BCUT2D eigenvalue weighted by atomic mass is 15.2. The lowest BCUT2D eigenvalue weighted by Crippen LogP contribution is -2.38. The Morgan fingerprint density at radius 1 is 1.21 bits per heavy atom. The summed E-state index contributed by atoms with van der Waals surface area (Å²) < 4.78 is 0. The molecule has 0 radical (unpaired) electrons. The minimum atomic E-state index is 0.502. The third-order valence-electron chi connectivity index (χ3n) is 6.35. The van der Waals surface area contributed by atoms with Crippen molar-refractivity contribution in [2.45, 2.75) is 77.3 Å². The molecule has 0 amide bonds. The predicted molar refractivity (Wildman–Crippen MR) is 126 cm³/mol.